The number of Topliss-reactive ketones (excluding diaryl/α,β-unsaturated/α-hetero) is 1. The van der Waals surface area contributed by atoms with Gasteiger partial charge >= 0.3 is 0 Å². The van der Waals surface area contributed by atoms with Crippen molar-refractivity contribution in [3.63, 3.8) is 0 Å². The molecular formula is C22H38N2O2. The maximum absolute atomic E-state index is 12.7. The minimum atomic E-state index is -0.458. The van der Waals surface area contributed by atoms with E-state index in [-0.39, 0.29) is 11.3 Å². The summed E-state index contributed by atoms with van der Waals surface area (Å²) in [6.45, 7) is 7.29. The summed E-state index contributed by atoms with van der Waals surface area (Å²) in [5, 5.41) is 10.6. The topological polar surface area (TPSA) is 75.3 Å². The van der Waals surface area contributed by atoms with E-state index in [1.54, 1.807) is 0 Å². The van der Waals surface area contributed by atoms with Crippen molar-refractivity contribution in [3.05, 3.63) is 0 Å². The minimum absolute atomic E-state index is 0.179. The molecule has 0 aliphatic heterocycles. The van der Waals surface area contributed by atoms with Crippen molar-refractivity contribution in [1.29, 1.82) is 0 Å². The Labute approximate surface area is 158 Å². The Morgan fingerprint density at radius 2 is 1.73 bits per heavy atom. The Morgan fingerprint density at radius 3 is 2.46 bits per heavy atom. The Kier molecular flexibility index (Phi) is 4.57. The third-order valence-corrected chi connectivity index (χ3v) is 9.62. The lowest BCUT2D eigenvalue weighted by Crippen LogP contribution is -2.56. The number of carbonyl (C=O) groups excluding carboxylic acids is 1. The zero-order valence-corrected chi connectivity index (χ0v) is 16.9. The van der Waals surface area contributed by atoms with Gasteiger partial charge in [-0.25, -0.2) is 0 Å². The zero-order chi connectivity index (χ0) is 18.7. The lowest BCUT2D eigenvalue weighted by atomic mass is 9.44. The van der Waals surface area contributed by atoms with Gasteiger partial charge in [-0.3, -0.25) is 16.1 Å². The van der Waals surface area contributed by atoms with Crippen molar-refractivity contribution in [1.82, 2.24) is 5.43 Å². The van der Waals surface area contributed by atoms with Crippen LogP contribution in [0.1, 0.15) is 78.6 Å². The average molecular weight is 363 g/mol. The Morgan fingerprint density at radius 1 is 1.00 bits per heavy atom. The first kappa shape index (κ1) is 18.9. The molecule has 8 atom stereocenters. The molecule has 0 aromatic heterocycles. The third kappa shape index (κ3) is 2.70. The summed E-state index contributed by atoms with van der Waals surface area (Å²) in [7, 11) is 0. The van der Waals surface area contributed by atoms with Crippen LogP contribution in [0.2, 0.25) is 0 Å². The van der Waals surface area contributed by atoms with Crippen LogP contribution in [0.4, 0.5) is 0 Å². The Hall–Kier alpha value is -0.450. The SMILES string of the molecule is C[C@@]1(O)CC[C@@]2(C)[C@H](CC[C@@H]3[C@@H]2CC[C@]2(C)[C@@H](C(=O)CNN)CC[C@@H]32)C1. The van der Waals surface area contributed by atoms with Crippen molar-refractivity contribution in [2.24, 2.45) is 46.3 Å². The highest BCUT2D eigenvalue weighted by Gasteiger charge is 2.61. The maximum Gasteiger partial charge on any atom is 0.151 e. The second kappa shape index (κ2) is 6.28. The van der Waals surface area contributed by atoms with Gasteiger partial charge in [-0.2, -0.15) is 0 Å². The number of nitrogens with two attached hydrogens (primary N) is 1. The first-order valence-electron chi connectivity index (χ1n) is 10.9. The summed E-state index contributed by atoms with van der Waals surface area (Å²) in [6.07, 6.45) is 10.4. The lowest BCUT2D eigenvalue weighted by molar-refractivity contribution is -0.150. The second-order valence-electron chi connectivity index (χ2n) is 10.9. The second-order valence-corrected chi connectivity index (χ2v) is 10.9. The summed E-state index contributed by atoms with van der Waals surface area (Å²) in [6, 6.07) is 0. The molecule has 0 saturated heterocycles. The van der Waals surface area contributed by atoms with Crippen LogP contribution in [0.3, 0.4) is 0 Å². The molecule has 4 N–H and O–H groups in total. The van der Waals surface area contributed by atoms with E-state index in [9.17, 15) is 9.90 Å². The zero-order valence-electron chi connectivity index (χ0n) is 16.9. The van der Waals surface area contributed by atoms with Crippen molar-refractivity contribution < 1.29 is 9.90 Å². The number of hydrazine groups is 1. The largest absolute Gasteiger partial charge is 0.390 e. The first-order valence-corrected chi connectivity index (χ1v) is 10.9. The number of carbonyl (C=O) groups is 1. The van der Waals surface area contributed by atoms with E-state index >= 15 is 0 Å². The van der Waals surface area contributed by atoms with Gasteiger partial charge in [-0.15, -0.1) is 0 Å². The average Bonchev–Trinajstić information content (AvgIpc) is 2.93. The number of nitrogens with one attached hydrogen (secondary N) is 1. The maximum atomic E-state index is 12.7. The molecule has 4 aliphatic carbocycles. The van der Waals surface area contributed by atoms with Crippen LogP contribution in [0, 0.1) is 40.4 Å². The van der Waals surface area contributed by atoms with Crippen LogP contribution in [0.25, 0.3) is 0 Å². The number of rotatable bonds is 3. The number of aliphatic hydroxyl groups is 1. The predicted molar refractivity (Wildman–Crippen MR) is 103 cm³/mol. The van der Waals surface area contributed by atoms with E-state index in [1.807, 2.05) is 6.92 Å². The molecule has 0 heterocycles. The van der Waals surface area contributed by atoms with E-state index in [4.69, 9.17) is 5.84 Å². The van der Waals surface area contributed by atoms with E-state index < -0.39 is 5.60 Å². The fourth-order valence-corrected chi connectivity index (χ4v) is 8.18. The summed E-state index contributed by atoms with van der Waals surface area (Å²) in [5.41, 5.74) is 2.71. The van der Waals surface area contributed by atoms with Gasteiger partial charge in [-0.1, -0.05) is 13.8 Å². The van der Waals surface area contributed by atoms with Gasteiger partial charge in [0, 0.05) is 5.92 Å². The number of fused-ring (bicyclic) bond motifs is 5. The van der Waals surface area contributed by atoms with Crippen LogP contribution >= 0.6 is 0 Å². The molecule has 148 valence electrons. The molecule has 26 heavy (non-hydrogen) atoms. The van der Waals surface area contributed by atoms with Crippen LogP contribution in [0.5, 0.6) is 0 Å². The Bertz CT molecular complexity index is 576. The molecule has 4 aliphatic rings. The highest BCUT2D eigenvalue weighted by atomic mass is 16.3. The lowest BCUT2D eigenvalue weighted by Gasteiger charge is -2.61. The first-order chi connectivity index (χ1) is 12.2. The predicted octanol–water partition coefficient (Wildman–Crippen LogP) is 3.43. The number of hydrogen-bond acceptors (Lipinski definition) is 4. The monoisotopic (exact) mass is 362 g/mol. The van der Waals surface area contributed by atoms with Gasteiger partial charge in [0.2, 0.25) is 0 Å². The van der Waals surface area contributed by atoms with Crippen molar-refractivity contribution in [2.45, 2.75) is 84.2 Å². The molecule has 0 amide bonds. The van der Waals surface area contributed by atoms with Gasteiger partial charge in [0.15, 0.2) is 5.78 Å². The normalized spacial score (nSPS) is 53.5. The van der Waals surface area contributed by atoms with Crippen LogP contribution in [-0.2, 0) is 4.79 Å². The fraction of sp³-hybridized carbons (Fsp3) is 0.955. The van der Waals surface area contributed by atoms with Crippen LogP contribution < -0.4 is 11.3 Å². The molecule has 0 spiro atoms. The molecule has 0 aromatic rings. The van der Waals surface area contributed by atoms with Gasteiger partial charge in [0.1, 0.15) is 0 Å². The van der Waals surface area contributed by atoms with E-state index in [0.717, 1.165) is 31.1 Å². The number of hydrogen-bond donors (Lipinski definition) is 3. The molecule has 4 fully saturated rings. The molecule has 4 rings (SSSR count). The van der Waals surface area contributed by atoms with Crippen molar-refractivity contribution in [3.8, 4) is 0 Å². The van der Waals surface area contributed by atoms with E-state index in [2.05, 4.69) is 19.3 Å². The summed E-state index contributed by atoms with van der Waals surface area (Å²) < 4.78 is 0. The summed E-state index contributed by atoms with van der Waals surface area (Å²) in [5.74, 6) is 8.90. The van der Waals surface area contributed by atoms with Crippen molar-refractivity contribution in [2.75, 3.05) is 6.54 Å². The van der Waals surface area contributed by atoms with Crippen molar-refractivity contribution >= 4 is 5.78 Å². The molecule has 0 aromatic carbocycles. The van der Waals surface area contributed by atoms with Gasteiger partial charge in [0.05, 0.1) is 12.1 Å². The van der Waals surface area contributed by atoms with Crippen LogP contribution in [-0.4, -0.2) is 23.0 Å². The standard InChI is InChI=1S/C22H38N2O2/c1-20(26)10-11-21(2)14(12-20)4-5-15-16-6-7-18(19(25)13-24-23)22(16,3)9-8-17(15)21/h14-18,24,26H,4-13,23H2,1-3H3/t14-,15+,16+,17+,18-,20-,21+,22+/m1/s1. The van der Waals surface area contributed by atoms with Crippen LogP contribution in [0.15, 0.2) is 0 Å². The quantitative estimate of drug-likeness (QED) is 0.531. The van der Waals surface area contributed by atoms with E-state index in [0.29, 0.717) is 29.6 Å². The molecule has 0 radical (unpaired) electrons. The smallest absolute Gasteiger partial charge is 0.151 e. The third-order valence-electron chi connectivity index (χ3n) is 9.62. The highest BCUT2D eigenvalue weighted by Crippen LogP contribution is 2.68. The highest BCUT2D eigenvalue weighted by molar-refractivity contribution is 5.84. The molecule has 0 unspecified atom stereocenters. The fourth-order valence-electron chi connectivity index (χ4n) is 8.18. The van der Waals surface area contributed by atoms with E-state index in [1.165, 1.54) is 38.5 Å². The van der Waals surface area contributed by atoms with Gasteiger partial charge in [0.25, 0.3) is 0 Å². The molecular weight excluding hydrogens is 324 g/mol. The summed E-state index contributed by atoms with van der Waals surface area (Å²) in [4.78, 5) is 12.7. The Balaban J connectivity index is 1.57. The minimum Gasteiger partial charge on any atom is -0.390 e. The molecule has 4 nitrogen and oxygen atoms in total. The number of ketones is 1. The molecule has 4 heteroatoms. The molecule has 0 bridgehead atoms. The van der Waals surface area contributed by atoms with Gasteiger partial charge < -0.3 is 5.11 Å². The molecule has 4 saturated carbocycles. The van der Waals surface area contributed by atoms with Gasteiger partial charge in [-0.05, 0) is 99.2 Å². The summed E-state index contributed by atoms with van der Waals surface area (Å²) >= 11 is 0.